The minimum Gasteiger partial charge on any atom is -0.356 e. The van der Waals surface area contributed by atoms with Crippen LogP contribution < -0.4 is 15.2 Å². The van der Waals surface area contributed by atoms with Crippen LogP contribution in [0, 0.1) is 0 Å². The second-order valence-electron chi connectivity index (χ2n) is 7.86. The topological polar surface area (TPSA) is 69.5 Å². The van der Waals surface area contributed by atoms with Gasteiger partial charge in [-0.3, -0.25) is 10.4 Å². The van der Waals surface area contributed by atoms with Gasteiger partial charge in [0.1, 0.15) is 5.82 Å². The number of anilines is 3. The maximum atomic E-state index is 4.97. The summed E-state index contributed by atoms with van der Waals surface area (Å²) >= 11 is 0. The zero-order valence-corrected chi connectivity index (χ0v) is 17.1. The van der Waals surface area contributed by atoms with Crippen LogP contribution in [-0.2, 0) is 0 Å². The molecule has 154 valence electrons. The molecule has 0 radical (unpaired) electrons. The van der Waals surface area contributed by atoms with Gasteiger partial charge in [-0.05, 0) is 43.4 Å². The van der Waals surface area contributed by atoms with Crippen molar-refractivity contribution in [1.82, 2.24) is 15.0 Å². The molecule has 0 amide bonds. The van der Waals surface area contributed by atoms with Crippen molar-refractivity contribution < 1.29 is 0 Å². The van der Waals surface area contributed by atoms with Crippen LogP contribution in [0.3, 0.4) is 0 Å². The van der Waals surface area contributed by atoms with E-state index in [1.807, 2.05) is 18.2 Å². The van der Waals surface area contributed by atoms with Crippen LogP contribution >= 0.6 is 0 Å². The lowest BCUT2D eigenvalue weighted by Gasteiger charge is -2.25. The molecule has 2 saturated heterocycles. The molecule has 4 heterocycles. The molecule has 1 N–H and O–H groups in total. The van der Waals surface area contributed by atoms with E-state index in [0.29, 0.717) is 0 Å². The first-order valence-electron chi connectivity index (χ1n) is 11.0. The Morgan fingerprint density at radius 1 is 0.793 bits per heavy atom. The summed E-state index contributed by atoms with van der Waals surface area (Å²) in [6.07, 6.45) is 15.4. The van der Waals surface area contributed by atoms with Crippen molar-refractivity contribution in [2.45, 2.75) is 51.4 Å². The van der Waals surface area contributed by atoms with Crippen LogP contribution in [0.4, 0.5) is 17.6 Å². The van der Waals surface area contributed by atoms with Gasteiger partial charge < -0.3 is 9.80 Å². The molecule has 7 heteroatoms. The Kier molecular flexibility index (Phi) is 6.89. The largest absolute Gasteiger partial charge is 0.356 e. The van der Waals surface area contributed by atoms with Gasteiger partial charge in [0.2, 0.25) is 5.95 Å². The highest BCUT2D eigenvalue weighted by molar-refractivity contribution is 5.79. The van der Waals surface area contributed by atoms with Gasteiger partial charge in [-0.25, -0.2) is 0 Å². The Labute approximate surface area is 173 Å². The molecule has 0 spiro atoms. The first-order chi connectivity index (χ1) is 14.4. The molecule has 0 unspecified atom stereocenters. The number of aromatic nitrogens is 3. The number of nitrogens with zero attached hydrogens (tertiary/aromatic N) is 6. The van der Waals surface area contributed by atoms with E-state index >= 15 is 0 Å². The van der Waals surface area contributed by atoms with E-state index in [4.69, 9.17) is 9.97 Å². The molecule has 0 aromatic carbocycles. The Hall–Kier alpha value is -2.70. The van der Waals surface area contributed by atoms with E-state index in [-0.39, 0.29) is 0 Å². The van der Waals surface area contributed by atoms with Crippen LogP contribution in [-0.4, -0.2) is 47.3 Å². The normalized spacial score (nSPS) is 18.5. The molecule has 0 saturated carbocycles. The summed E-state index contributed by atoms with van der Waals surface area (Å²) in [5.41, 5.74) is 4.13. The third-order valence-corrected chi connectivity index (χ3v) is 5.62. The zero-order valence-electron chi connectivity index (χ0n) is 17.1. The van der Waals surface area contributed by atoms with Gasteiger partial charge in [-0.2, -0.15) is 15.1 Å². The number of nitrogens with one attached hydrogen (secondary N) is 1. The highest BCUT2D eigenvalue weighted by Crippen LogP contribution is 2.25. The van der Waals surface area contributed by atoms with Crippen molar-refractivity contribution in [1.29, 1.82) is 0 Å². The van der Waals surface area contributed by atoms with Crippen molar-refractivity contribution in [3.63, 3.8) is 0 Å². The summed E-state index contributed by atoms with van der Waals surface area (Å²) in [6, 6.07) is 5.89. The molecule has 7 nitrogen and oxygen atoms in total. The highest BCUT2D eigenvalue weighted by Gasteiger charge is 2.18. The average molecular weight is 394 g/mol. The summed E-state index contributed by atoms with van der Waals surface area (Å²) in [6.45, 7) is 4.19. The molecule has 0 bridgehead atoms. The lowest BCUT2D eigenvalue weighted by molar-refractivity contribution is 0.726. The lowest BCUT2D eigenvalue weighted by Crippen LogP contribution is -2.29. The minimum atomic E-state index is 0.754. The third kappa shape index (κ3) is 5.65. The minimum absolute atomic E-state index is 0.754. The zero-order chi connectivity index (χ0) is 19.7. The molecular formula is C22H31N7. The number of pyridine rings is 1. The number of hydrogen-bond donors (Lipinski definition) is 1. The monoisotopic (exact) mass is 393 g/mol. The lowest BCUT2D eigenvalue weighted by atomic mass is 10.2. The first kappa shape index (κ1) is 19.6. The number of rotatable bonds is 5. The molecule has 0 aliphatic carbocycles. The van der Waals surface area contributed by atoms with Crippen LogP contribution in [0.1, 0.15) is 56.9 Å². The fourth-order valence-electron chi connectivity index (χ4n) is 3.98. The maximum Gasteiger partial charge on any atom is 0.229 e. The van der Waals surface area contributed by atoms with E-state index < -0.39 is 0 Å². The first-order valence-corrected chi connectivity index (χ1v) is 11.0. The third-order valence-electron chi connectivity index (χ3n) is 5.62. The van der Waals surface area contributed by atoms with E-state index in [1.54, 1.807) is 18.6 Å². The van der Waals surface area contributed by atoms with Gasteiger partial charge in [0, 0.05) is 44.6 Å². The molecule has 4 rings (SSSR count). The van der Waals surface area contributed by atoms with E-state index in [1.165, 1.54) is 51.4 Å². The molecule has 2 aliphatic heterocycles. The molecule has 2 aromatic rings. The summed E-state index contributed by atoms with van der Waals surface area (Å²) < 4.78 is 0. The molecule has 29 heavy (non-hydrogen) atoms. The van der Waals surface area contributed by atoms with E-state index in [2.05, 4.69) is 25.3 Å². The van der Waals surface area contributed by atoms with Crippen molar-refractivity contribution in [2.24, 2.45) is 5.10 Å². The molecule has 2 aromatic heterocycles. The van der Waals surface area contributed by atoms with E-state index in [9.17, 15) is 0 Å². The quantitative estimate of drug-likeness (QED) is 0.610. The Bertz CT molecular complexity index is 739. The highest BCUT2D eigenvalue weighted by atomic mass is 15.4. The van der Waals surface area contributed by atoms with Crippen molar-refractivity contribution in [2.75, 3.05) is 41.4 Å². The second kappa shape index (κ2) is 10.2. The van der Waals surface area contributed by atoms with Crippen LogP contribution in [0.5, 0.6) is 0 Å². The van der Waals surface area contributed by atoms with Gasteiger partial charge >= 0.3 is 0 Å². The predicted molar refractivity (Wildman–Crippen MR) is 119 cm³/mol. The van der Waals surface area contributed by atoms with Gasteiger partial charge in [0.15, 0.2) is 5.82 Å². The Morgan fingerprint density at radius 3 is 2.07 bits per heavy atom. The SMILES string of the molecule is C(=N/Nc1cc(N2CCCCCC2)nc(N2CCCCCC2)n1)/c1ccncc1. The Balaban J connectivity index is 1.57. The number of hydrogen-bond acceptors (Lipinski definition) is 7. The predicted octanol–water partition coefficient (Wildman–Crippen LogP) is 4.08. The summed E-state index contributed by atoms with van der Waals surface area (Å²) in [4.78, 5) is 18.6. The van der Waals surface area contributed by atoms with Gasteiger partial charge in [-0.1, -0.05) is 25.7 Å². The summed E-state index contributed by atoms with van der Waals surface area (Å²) in [5.74, 6) is 2.60. The van der Waals surface area contributed by atoms with Crippen molar-refractivity contribution in [3.8, 4) is 0 Å². The Morgan fingerprint density at radius 2 is 1.41 bits per heavy atom. The molecule has 0 atom stereocenters. The van der Waals surface area contributed by atoms with Crippen LogP contribution in [0.2, 0.25) is 0 Å². The van der Waals surface area contributed by atoms with Crippen molar-refractivity contribution >= 4 is 23.8 Å². The number of hydrazone groups is 1. The molecule has 2 aliphatic rings. The second-order valence-corrected chi connectivity index (χ2v) is 7.86. The summed E-state index contributed by atoms with van der Waals surface area (Å²) in [7, 11) is 0. The summed E-state index contributed by atoms with van der Waals surface area (Å²) in [5, 5.41) is 4.39. The van der Waals surface area contributed by atoms with Gasteiger partial charge in [0.25, 0.3) is 0 Å². The van der Waals surface area contributed by atoms with Crippen LogP contribution in [0.15, 0.2) is 35.7 Å². The smallest absolute Gasteiger partial charge is 0.229 e. The molecular weight excluding hydrogens is 362 g/mol. The standard InChI is InChI=1S/C22H31N7/c1-2-6-14-28(13-5-1)21-17-20(27-24-18-19-9-11-23-12-10-19)25-22(26-21)29-15-7-3-4-8-16-29/h9-12,17-18H,1-8,13-16H2,(H,25,26,27)/b24-18-. The average Bonchev–Trinajstić information content (AvgIpc) is 3.20. The van der Waals surface area contributed by atoms with E-state index in [0.717, 1.165) is 49.3 Å². The molecule has 2 fully saturated rings. The maximum absolute atomic E-state index is 4.97. The van der Waals surface area contributed by atoms with Crippen LogP contribution in [0.25, 0.3) is 0 Å². The van der Waals surface area contributed by atoms with Gasteiger partial charge in [-0.15, -0.1) is 0 Å². The van der Waals surface area contributed by atoms with Crippen molar-refractivity contribution in [3.05, 3.63) is 36.2 Å². The fraction of sp³-hybridized carbons (Fsp3) is 0.545. The van der Waals surface area contributed by atoms with Gasteiger partial charge in [0.05, 0.1) is 6.21 Å². The fourth-order valence-corrected chi connectivity index (χ4v) is 3.98.